The van der Waals surface area contributed by atoms with Crippen LogP contribution in [0.25, 0.3) is 0 Å². The molecule has 0 bridgehead atoms. The van der Waals surface area contributed by atoms with Gasteiger partial charge in [-0.15, -0.1) is 0 Å². The molecule has 2 aromatic rings. The zero-order valence-electron chi connectivity index (χ0n) is 18.1. The normalized spacial score (nSPS) is 10.1. The van der Waals surface area contributed by atoms with E-state index in [1.807, 2.05) is 12.1 Å². The number of nitrogens with one attached hydrogen (secondary N) is 4. The maximum atomic E-state index is 11.8. The summed E-state index contributed by atoms with van der Waals surface area (Å²) in [5.41, 5.74) is 10.6. The number of hydrazine groups is 2. The minimum Gasteiger partial charge on any atom is -0.273 e. The van der Waals surface area contributed by atoms with Gasteiger partial charge in [-0.05, 0) is 37.1 Å². The molecule has 0 aliphatic rings. The van der Waals surface area contributed by atoms with E-state index in [1.54, 1.807) is 48.5 Å². The lowest BCUT2D eigenvalue weighted by Gasteiger charge is -2.08. The molecular formula is C24H30N4O4. The molecule has 8 heteroatoms. The van der Waals surface area contributed by atoms with Crippen LogP contribution in [-0.2, 0) is 9.59 Å². The van der Waals surface area contributed by atoms with Crippen LogP contribution in [0.3, 0.4) is 0 Å². The first-order chi connectivity index (χ1) is 15.6. The van der Waals surface area contributed by atoms with Crippen molar-refractivity contribution in [2.45, 2.75) is 51.4 Å². The van der Waals surface area contributed by atoms with E-state index < -0.39 is 0 Å². The van der Waals surface area contributed by atoms with Crippen molar-refractivity contribution in [3.05, 3.63) is 71.8 Å². The van der Waals surface area contributed by atoms with Gasteiger partial charge in [0, 0.05) is 24.0 Å². The van der Waals surface area contributed by atoms with Gasteiger partial charge in [0.1, 0.15) is 0 Å². The van der Waals surface area contributed by atoms with Crippen molar-refractivity contribution in [3.8, 4) is 0 Å². The second kappa shape index (κ2) is 14.3. The molecular weight excluding hydrogens is 408 g/mol. The van der Waals surface area contributed by atoms with Crippen molar-refractivity contribution in [1.82, 2.24) is 21.7 Å². The summed E-state index contributed by atoms with van der Waals surface area (Å²) >= 11 is 0. The topological polar surface area (TPSA) is 116 Å². The fourth-order valence-electron chi connectivity index (χ4n) is 2.98. The van der Waals surface area contributed by atoms with Crippen molar-refractivity contribution in [3.63, 3.8) is 0 Å². The van der Waals surface area contributed by atoms with Crippen LogP contribution in [-0.4, -0.2) is 23.6 Å². The van der Waals surface area contributed by atoms with Crippen LogP contribution in [0.4, 0.5) is 0 Å². The second-order valence-corrected chi connectivity index (χ2v) is 7.36. The van der Waals surface area contributed by atoms with Gasteiger partial charge in [-0.3, -0.25) is 40.9 Å². The van der Waals surface area contributed by atoms with Gasteiger partial charge < -0.3 is 0 Å². The highest BCUT2D eigenvalue weighted by Gasteiger charge is 2.07. The van der Waals surface area contributed by atoms with E-state index >= 15 is 0 Å². The highest BCUT2D eigenvalue weighted by atomic mass is 16.2. The minimum atomic E-state index is -0.345. The Bertz CT molecular complexity index is 799. The Kier molecular flexibility index (Phi) is 11.0. The number of hydrogen-bond acceptors (Lipinski definition) is 4. The van der Waals surface area contributed by atoms with Gasteiger partial charge in [-0.1, -0.05) is 62.1 Å². The molecule has 170 valence electrons. The lowest BCUT2D eigenvalue weighted by Crippen LogP contribution is -2.41. The predicted molar refractivity (Wildman–Crippen MR) is 121 cm³/mol. The molecule has 0 fully saturated rings. The Morgan fingerprint density at radius 3 is 1.19 bits per heavy atom. The Balaban J connectivity index is 1.42. The van der Waals surface area contributed by atoms with Crippen LogP contribution < -0.4 is 21.7 Å². The molecule has 0 atom stereocenters. The predicted octanol–water partition coefficient (Wildman–Crippen LogP) is 3.03. The fraction of sp³-hybridized carbons (Fsp3) is 0.333. The van der Waals surface area contributed by atoms with Crippen molar-refractivity contribution < 1.29 is 19.2 Å². The van der Waals surface area contributed by atoms with Crippen LogP contribution in [0.5, 0.6) is 0 Å². The van der Waals surface area contributed by atoms with E-state index in [4.69, 9.17) is 0 Å². The standard InChI is InChI=1S/C24H30N4O4/c29-21(25-27-23(31)19-13-7-5-8-14-19)17-11-3-1-2-4-12-18-22(30)26-28-24(32)20-15-9-6-10-16-20/h5-10,13-16H,1-4,11-12,17-18H2,(H,25,29)(H,26,30)(H,27,31)(H,28,32). The lowest BCUT2D eigenvalue weighted by molar-refractivity contribution is -0.122. The third kappa shape index (κ3) is 9.88. The SMILES string of the molecule is O=C(CCCCCCCCC(=O)NNC(=O)c1ccccc1)NNC(=O)c1ccccc1. The molecule has 4 N–H and O–H groups in total. The largest absolute Gasteiger partial charge is 0.273 e. The smallest absolute Gasteiger partial charge is 0.269 e. The number of rotatable bonds is 11. The van der Waals surface area contributed by atoms with Gasteiger partial charge >= 0.3 is 0 Å². The summed E-state index contributed by atoms with van der Waals surface area (Å²) in [7, 11) is 0. The molecule has 0 saturated carbocycles. The van der Waals surface area contributed by atoms with Gasteiger partial charge in [0.2, 0.25) is 11.8 Å². The van der Waals surface area contributed by atoms with Gasteiger partial charge in [0.15, 0.2) is 0 Å². The molecule has 0 aliphatic carbocycles. The molecule has 32 heavy (non-hydrogen) atoms. The Morgan fingerprint density at radius 1 is 0.469 bits per heavy atom. The van der Waals surface area contributed by atoms with Crippen molar-refractivity contribution in [2.75, 3.05) is 0 Å². The number of carbonyl (C=O) groups excluding carboxylic acids is 4. The quantitative estimate of drug-likeness (QED) is 0.319. The summed E-state index contributed by atoms with van der Waals surface area (Å²) in [6, 6.07) is 17.4. The molecule has 0 unspecified atom stereocenters. The first kappa shape index (κ1) is 24.6. The highest BCUT2D eigenvalue weighted by Crippen LogP contribution is 2.08. The first-order valence-corrected chi connectivity index (χ1v) is 10.8. The zero-order valence-corrected chi connectivity index (χ0v) is 18.1. The van der Waals surface area contributed by atoms with Crippen molar-refractivity contribution in [2.24, 2.45) is 0 Å². The van der Waals surface area contributed by atoms with Gasteiger partial charge in [-0.25, -0.2) is 0 Å². The van der Waals surface area contributed by atoms with Crippen LogP contribution in [0.1, 0.15) is 72.1 Å². The highest BCUT2D eigenvalue weighted by molar-refractivity contribution is 5.95. The van der Waals surface area contributed by atoms with Gasteiger partial charge in [0.05, 0.1) is 0 Å². The van der Waals surface area contributed by atoms with Gasteiger partial charge in [-0.2, -0.15) is 0 Å². The zero-order chi connectivity index (χ0) is 23.0. The summed E-state index contributed by atoms with van der Waals surface area (Å²) in [6.45, 7) is 0. The summed E-state index contributed by atoms with van der Waals surface area (Å²) in [6.07, 6.45) is 5.90. The fourth-order valence-corrected chi connectivity index (χ4v) is 2.98. The molecule has 0 aromatic heterocycles. The van der Waals surface area contributed by atoms with E-state index in [9.17, 15) is 19.2 Å². The number of benzene rings is 2. The Morgan fingerprint density at radius 2 is 0.812 bits per heavy atom. The third-order valence-corrected chi connectivity index (χ3v) is 4.76. The molecule has 0 radical (unpaired) electrons. The third-order valence-electron chi connectivity index (χ3n) is 4.76. The van der Waals surface area contributed by atoms with E-state index in [0.717, 1.165) is 38.5 Å². The Labute approximate surface area is 188 Å². The molecule has 0 saturated heterocycles. The molecule has 0 spiro atoms. The average Bonchev–Trinajstić information content (AvgIpc) is 2.83. The molecule has 0 aliphatic heterocycles. The second-order valence-electron chi connectivity index (χ2n) is 7.36. The molecule has 2 rings (SSSR count). The maximum Gasteiger partial charge on any atom is 0.269 e. The summed E-state index contributed by atoms with van der Waals surface area (Å²) in [4.78, 5) is 47.3. The number of carbonyl (C=O) groups is 4. The van der Waals surface area contributed by atoms with Crippen molar-refractivity contribution >= 4 is 23.6 Å². The number of amides is 4. The van der Waals surface area contributed by atoms with E-state index in [-0.39, 0.29) is 23.6 Å². The molecule has 8 nitrogen and oxygen atoms in total. The van der Waals surface area contributed by atoms with E-state index in [0.29, 0.717) is 24.0 Å². The van der Waals surface area contributed by atoms with Crippen LogP contribution in [0, 0.1) is 0 Å². The molecule has 4 amide bonds. The molecule has 2 aromatic carbocycles. The first-order valence-electron chi connectivity index (χ1n) is 10.8. The Hall–Kier alpha value is -3.68. The van der Waals surface area contributed by atoms with Crippen LogP contribution in [0.2, 0.25) is 0 Å². The van der Waals surface area contributed by atoms with E-state index in [1.165, 1.54) is 0 Å². The maximum absolute atomic E-state index is 11.8. The monoisotopic (exact) mass is 438 g/mol. The molecule has 0 heterocycles. The van der Waals surface area contributed by atoms with Gasteiger partial charge in [0.25, 0.3) is 11.8 Å². The average molecular weight is 439 g/mol. The van der Waals surface area contributed by atoms with Crippen molar-refractivity contribution in [1.29, 1.82) is 0 Å². The number of unbranched alkanes of at least 4 members (excludes halogenated alkanes) is 5. The lowest BCUT2D eigenvalue weighted by atomic mass is 10.1. The summed E-state index contributed by atoms with van der Waals surface area (Å²) in [5.74, 6) is -1.13. The summed E-state index contributed by atoms with van der Waals surface area (Å²) in [5, 5.41) is 0. The number of hydrogen-bond donors (Lipinski definition) is 4. The van der Waals surface area contributed by atoms with Crippen LogP contribution in [0.15, 0.2) is 60.7 Å². The van der Waals surface area contributed by atoms with Crippen LogP contribution >= 0.6 is 0 Å². The minimum absolute atomic E-state index is 0.219. The summed E-state index contributed by atoms with van der Waals surface area (Å²) < 4.78 is 0. The van der Waals surface area contributed by atoms with E-state index in [2.05, 4.69) is 21.7 Å².